The lowest BCUT2D eigenvalue weighted by Crippen LogP contribution is -2.26. The summed E-state index contributed by atoms with van der Waals surface area (Å²) in [7, 11) is 1.63. The second-order valence-corrected chi connectivity index (χ2v) is 9.08. The van der Waals surface area contributed by atoms with Crippen LogP contribution >= 0.6 is 23.2 Å². The number of rotatable bonds is 7. The van der Waals surface area contributed by atoms with Gasteiger partial charge in [-0.2, -0.15) is 4.98 Å². The minimum atomic E-state index is -0.363. The molecule has 1 fully saturated rings. The molecule has 3 atom stereocenters. The fourth-order valence-corrected chi connectivity index (χ4v) is 4.85. The quantitative estimate of drug-likeness (QED) is 0.456. The van der Waals surface area contributed by atoms with Crippen LogP contribution < -0.4 is 15.0 Å². The van der Waals surface area contributed by atoms with Crippen LogP contribution in [0.4, 0.5) is 0 Å². The molecule has 2 aromatic carbocycles. The molecule has 3 heterocycles. The van der Waals surface area contributed by atoms with Gasteiger partial charge < -0.3 is 18.9 Å². The number of hydrogen-bond acceptors (Lipinski definition) is 6. The van der Waals surface area contributed by atoms with Crippen molar-refractivity contribution in [1.82, 2.24) is 9.55 Å². The van der Waals surface area contributed by atoms with Crippen LogP contribution in [0.2, 0.25) is 10.0 Å². The number of aromatic nitrogens is 2. The Labute approximate surface area is 207 Å². The minimum absolute atomic E-state index is 0.0924. The summed E-state index contributed by atoms with van der Waals surface area (Å²) in [6.45, 7) is 1.49. The summed E-state index contributed by atoms with van der Waals surface area (Å²) in [5.74, 6) is 0.693. The average molecular weight is 503 g/mol. The van der Waals surface area contributed by atoms with Gasteiger partial charge in [-0.05, 0) is 36.6 Å². The monoisotopic (exact) mass is 502 g/mol. The highest BCUT2D eigenvalue weighted by Gasteiger charge is 2.34. The maximum atomic E-state index is 12.2. The zero-order valence-electron chi connectivity index (χ0n) is 18.6. The van der Waals surface area contributed by atoms with Crippen LogP contribution in [0.5, 0.6) is 11.8 Å². The summed E-state index contributed by atoms with van der Waals surface area (Å²) in [6, 6.07) is 14.9. The van der Waals surface area contributed by atoms with E-state index in [2.05, 4.69) is 4.98 Å². The Balaban J connectivity index is 1.27. The Morgan fingerprint density at radius 1 is 1.21 bits per heavy atom. The maximum absolute atomic E-state index is 12.2. The van der Waals surface area contributed by atoms with Crippen molar-refractivity contribution >= 4 is 23.2 Å². The molecule has 9 heteroatoms. The van der Waals surface area contributed by atoms with E-state index in [1.54, 1.807) is 13.2 Å². The summed E-state index contributed by atoms with van der Waals surface area (Å²) in [5, 5.41) is 1.03. The van der Waals surface area contributed by atoms with Gasteiger partial charge in [-0.3, -0.25) is 9.36 Å². The summed E-state index contributed by atoms with van der Waals surface area (Å²) >= 11 is 12.5. The van der Waals surface area contributed by atoms with Crippen molar-refractivity contribution in [3.8, 4) is 22.9 Å². The van der Waals surface area contributed by atoms with Gasteiger partial charge >= 0.3 is 6.01 Å². The molecule has 2 aliphatic heterocycles. The van der Waals surface area contributed by atoms with Crippen LogP contribution in [0, 0.1) is 0 Å². The normalized spacial score (nSPS) is 20.1. The van der Waals surface area contributed by atoms with E-state index >= 15 is 0 Å². The Morgan fingerprint density at radius 2 is 2.03 bits per heavy atom. The lowest BCUT2D eigenvalue weighted by atomic mass is 10.1. The molecule has 3 unspecified atom stereocenters. The topological polar surface area (TPSA) is 71.8 Å². The van der Waals surface area contributed by atoms with Gasteiger partial charge in [-0.25, -0.2) is 0 Å². The van der Waals surface area contributed by atoms with Gasteiger partial charge in [0.1, 0.15) is 18.5 Å². The lowest BCUT2D eigenvalue weighted by molar-refractivity contribution is -0.0324. The second kappa shape index (κ2) is 9.96. The average Bonchev–Trinajstić information content (AvgIpc) is 3.51. The van der Waals surface area contributed by atoms with Crippen LogP contribution in [0.1, 0.15) is 24.6 Å². The van der Waals surface area contributed by atoms with E-state index in [9.17, 15) is 4.79 Å². The molecule has 5 rings (SSSR count). The molecule has 0 amide bonds. The van der Waals surface area contributed by atoms with E-state index in [-0.39, 0.29) is 29.9 Å². The van der Waals surface area contributed by atoms with E-state index < -0.39 is 0 Å². The third-order valence-electron chi connectivity index (χ3n) is 6.08. The van der Waals surface area contributed by atoms with Gasteiger partial charge in [0.2, 0.25) is 0 Å². The molecule has 0 aliphatic carbocycles. The van der Waals surface area contributed by atoms with Crippen molar-refractivity contribution in [2.75, 3.05) is 20.3 Å². The molecule has 34 heavy (non-hydrogen) atoms. The van der Waals surface area contributed by atoms with E-state index in [1.807, 2.05) is 41.0 Å². The van der Waals surface area contributed by atoms with Crippen molar-refractivity contribution in [3.05, 3.63) is 74.6 Å². The van der Waals surface area contributed by atoms with Crippen LogP contribution in [-0.2, 0) is 16.0 Å². The number of methoxy groups -OCH3 is 1. The number of nitrogens with zero attached hydrogens (tertiary/aromatic N) is 2. The van der Waals surface area contributed by atoms with Gasteiger partial charge in [0, 0.05) is 25.3 Å². The molecular weight excluding hydrogens is 479 g/mol. The molecule has 0 bridgehead atoms. The highest BCUT2D eigenvalue weighted by Crippen LogP contribution is 2.35. The fraction of sp³-hybridized carbons (Fsp3) is 0.360. The molecule has 0 spiro atoms. The minimum Gasteiger partial charge on any atom is -0.490 e. The third-order valence-corrected chi connectivity index (χ3v) is 6.90. The first-order valence-corrected chi connectivity index (χ1v) is 11.9. The molecule has 7 nitrogen and oxygen atoms in total. The maximum Gasteiger partial charge on any atom is 0.300 e. The van der Waals surface area contributed by atoms with Crippen molar-refractivity contribution in [3.63, 3.8) is 0 Å². The summed E-state index contributed by atoms with van der Waals surface area (Å²) in [4.78, 5) is 16.2. The summed E-state index contributed by atoms with van der Waals surface area (Å²) in [6.07, 6.45) is 1.12. The van der Waals surface area contributed by atoms with Gasteiger partial charge in [0.25, 0.3) is 5.56 Å². The highest BCUT2D eigenvalue weighted by molar-refractivity contribution is 6.43. The van der Waals surface area contributed by atoms with Gasteiger partial charge in [0.15, 0.2) is 6.10 Å². The molecular formula is C25H24Cl2N2O5. The van der Waals surface area contributed by atoms with E-state index in [0.29, 0.717) is 35.6 Å². The van der Waals surface area contributed by atoms with Gasteiger partial charge in [-0.1, -0.05) is 47.5 Å². The number of ether oxygens (including phenoxy) is 4. The first kappa shape index (κ1) is 23.2. The van der Waals surface area contributed by atoms with Crippen LogP contribution in [0.15, 0.2) is 53.3 Å². The number of hydrogen-bond donors (Lipinski definition) is 0. The molecule has 2 aliphatic rings. The first-order chi connectivity index (χ1) is 16.5. The largest absolute Gasteiger partial charge is 0.490 e. The summed E-state index contributed by atoms with van der Waals surface area (Å²) < 4.78 is 25.3. The van der Waals surface area contributed by atoms with Crippen LogP contribution in [-0.4, -0.2) is 42.1 Å². The summed E-state index contributed by atoms with van der Waals surface area (Å²) in [5.41, 5.74) is 2.15. The molecule has 0 N–H and O–H groups in total. The van der Waals surface area contributed by atoms with Gasteiger partial charge in [0.05, 0.1) is 28.4 Å². The van der Waals surface area contributed by atoms with Gasteiger partial charge in [-0.15, -0.1) is 0 Å². The highest BCUT2D eigenvalue weighted by atomic mass is 35.5. The molecule has 1 saturated heterocycles. The zero-order chi connectivity index (χ0) is 23.7. The Kier molecular flexibility index (Phi) is 6.79. The van der Waals surface area contributed by atoms with E-state index in [0.717, 1.165) is 29.7 Å². The smallest absolute Gasteiger partial charge is 0.300 e. The Bertz CT molecular complexity index is 1220. The van der Waals surface area contributed by atoms with Crippen molar-refractivity contribution in [1.29, 1.82) is 0 Å². The fourth-order valence-electron chi connectivity index (χ4n) is 4.44. The lowest BCUT2D eigenvalue weighted by Gasteiger charge is -2.23. The van der Waals surface area contributed by atoms with E-state index in [4.69, 9.17) is 42.1 Å². The zero-order valence-corrected chi connectivity index (χ0v) is 20.1. The van der Waals surface area contributed by atoms with Crippen LogP contribution in [0.25, 0.3) is 11.1 Å². The SMILES string of the molecule is COC(c1cc(=O)nc2n1CC(COc1ccc(-c3cccc(Cl)c3Cl)cc1)O2)C1CCCO1. The Morgan fingerprint density at radius 3 is 2.76 bits per heavy atom. The predicted molar refractivity (Wildman–Crippen MR) is 129 cm³/mol. The van der Waals surface area contributed by atoms with Crippen molar-refractivity contribution in [2.45, 2.75) is 37.7 Å². The molecule has 178 valence electrons. The van der Waals surface area contributed by atoms with Crippen molar-refractivity contribution in [2.24, 2.45) is 0 Å². The number of halogens is 2. The molecule has 0 saturated carbocycles. The standard InChI is InChI=1S/C25H24Cl2N2O5/c1-31-24(21-6-3-11-32-21)20-12-22(30)28-25-29(20)13-17(34-25)14-33-16-9-7-15(8-10-16)18-4-2-5-19(26)23(18)27/h2,4-5,7-10,12,17,21,24H,3,6,11,13-14H2,1H3. The first-order valence-electron chi connectivity index (χ1n) is 11.1. The van der Waals surface area contributed by atoms with Crippen molar-refractivity contribution < 1.29 is 18.9 Å². The molecule has 0 radical (unpaired) electrons. The number of fused-ring (bicyclic) bond motifs is 1. The Hall–Kier alpha value is -2.58. The predicted octanol–water partition coefficient (Wildman–Crippen LogP) is 4.92. The second-order valence-electron chi connectivity index (χ2n) is 8.30. The third kappa shape index (κ3) is 4.66. The molecule has 1 aromatic heterocycles. The van der Waals surface area contributed by atoms with E-state index in [1.165, 1.54) is 6.07 Å². The molecule has 3 aromatic rings. The number of benzene rings is 2. The van der Waals surface area contributed by atoms with Crippen LogP contribution in [0.3, 0.4) is 0 Å².